The van der Waals surface area contributed by atoms with Crippen LogP contribution >= 0.6 is 35.8 Å². The Morgan fingerprint density at radius 2 is 2.13 bits per heavy atom. The summed E-state index contributed by atoms with van der Waals surface area (Å²) in [6.45, 7) is 0. The van der Waals surface area contributed by atoms with Gasteiger partial charge in [0.05, 0.1) is 4.99 Å². The summed E-state index contributed by atoms with van der Waals surface area (Å²) in [4.78, 5) is 12.5. The molecule has 0 aliphatic rings. The third kappa shape index (κ3) is 6.05. The molecule has 0 spiro atoms. The second-order valence-electron chi connectivity index (χ2n) is 4.78. The van der Waals surface area contributed by atoms with Crippen LogP contribution in [0.15, 0.2) is 30.3 Å². The molecule has 0 bridgehead atoms. The Morgan fingerprint density at radius 3 is 2.78 bits per heavy atom. The number of aryl methyl sites for hydroxylation is 1. The highest BCUT2D eigenvalue weighted by atomic mass is 32.1. The highest BCUT2D eigenvalue weighted by molar-refractivity contribution is 7.80. The van der Waals surface area contributed by atoms with Gasteiger partial charge >= 0.3 is 6.03 Å². The summed E-state index contributed by atoms with van der Waals surface area (Å²) in [5, 5.41) is 11.0. The topological polar surface area (TPSA) is 73.1 Å². The monoisotopic (exact) mass is 367 g/mol. The summed E-state index contributed by atoms with van der Waals surface area (Å²) in [6.07, 6.45) is 2.61. The molecule has 3 N–H and O–H groups in total. The zero-order chi connectivity index (χ0) is 16.7. The number of aromatic amines is 1. The molecule has 2 amide bonds. The van der Waals surface area contributed by atoms with Crippen molar-refractivity contribution in [2.75, 3.05) is 12.4 Å². The molecule has 0 atom stereocenters. The van der Waals surface area contributed by atoms with Crippen molar-refractivity contribution in [1.29, 1.82) is 0 Å². The number of hydrogen-bond donors (Lipinski definition) is 3. The van der Waals surface area contributed by atoms with Gasteiger partial charge in [-0.15, -0.1) is 5.10 Å². The second-order valence-corrected chi connectivity index (χ2v) is 6.91. The van der Waals surface area contributed by atoms with Crippen molar-refractivity contribution in [3.05, 3.63) is 39.8 Å². The summed E-state index contributed by atoms with van der Waals surface area (Å²) >= 11 is 11.4. The fourth-order valence-corrected chi connectivity index (χ4v) is 2.85. The average Bonchev–Trinajstić information content (AvgIpc) is 2.93. The number of aromatic nitrogens is 2. The SMILES string of the molecule is CN(NC(=O)Nc1n[nH]c(=S)s1)C(=S)CCCc1ccccc1. The number of carbonyl (C=O) groups excluding carboxylic acids is 1. The molecule has 1 heterocycles. The number of anilines is 1. The zero-order valence-electron chi connectivity index (χ0n) is 12.5. The number of thiocarbonyl (C=S) groups is 1. The fourth-order valence-electron chi connectivity index (χ4n) is 1.88. The fraction of sp³-hybridized carbons (Fsp3) is 0.286. The number of amides is 2. The van der Waals surface area contributed by atoms with Crippen LogP contribution in [0.5, 0.6) is 0 Å². The van der Waals surface area contributed by atoms with Crippen molar-refractivity contribution < 1.29 is 4.79 Å². The number of hydrogen-bond acceptors (Lipinski definition) is 5. The zero-order valence-corrected chi connectivity index (χ0v) is 15.0. The van der Waals surface area contributed by atoms with Crippen molar-refractivity contribution in [1.82, 2.24) is 20.6 Å². The molecule has 1 aromatic heterocycles. The van der Waals surface area contributed by atoms with Gasteiger partial charge in [0.15, 0.2) is 3.95 Å². The van der Waals surface area contributed by atoms with Gasteiger partial charge in [-0.3, -0.25) is 15.4 Å². The minimum absolute atomic E-state index is 0.407. The Bertz CT molecular complexity index is 712. The number of H-pyrrole nitrogens is 1. The lowest BCUT2D eigenvalue weighted by Crippen LogP contribution is -2.44. The molecule has 0 radical (unpaired) electrons. The van der Waals surface area contributed by atoms with Gasteiger partial charge in [0.25, 0.3) is 0 Å². The van der Waals surface area contributed by atoms with E-state index in [2.05, 4.69) is 33.1 Å². The summed E-state index contributed by atoms with van der Waals surface area (Å²) in [6, 6.07) is 9.83. The number of nitrogens with zero attached hydrogens (tertiary/aromatic N) is 2. The minimum Gasteiger partial charge on any atom is -0.281 e. The largest absolute Gasteiger partial charge is 0.339 e. The van der Waals surface area contributed by atoms with Crippen molar-refractivity contribution in [2.24, 2.45) is 0 Å². The van der Waals surface area contributed by atoms with Gasteiger partial charge < -0.3 is 0 Å². The molecule has 6 nitrogen and oxygen atoms in total. The van der Waals surface area contributed by atoms with E-state index in [1.807, 2.05) is 18.2 Å². The Hall–Kier alpha value is -1.84. The van der Waals surface area contributed by atoms with E-state index >= 15 is 0 Å². The lowest BCUT2D eigenvalue weighted by atomic mass is 10.1. The van der Waals surface area contributed by atoms with E-state index in [4.69, 9.17) is 24.4 Å². The quantitative estimate of drug-likeness (QED) is 0.557. The van der Waals surface area contributed by atoms with Crippen LogP contribution in [-0.2, 0) is 6.42 Å². The van der Waals surface area contributed by atoms with Crippen LogP contribution in [-0.4, -0.2) is 33.3 Å². The van der Waals surface area contributed by atoms with Crippen LogP contribution in [0.2, 0.25) is 0 Å². The van der Waals surface area contributed by atoms with Crippen LogP contribution in [0.3, 0.4) is 0 Å². The molecule has 1 aromatic carbocycles. The van der Waals surface area contributed by atoms with Crippen LogP contribution in [0.25, 0.3) is 0 Å². The van der Waals surface area contributed by atoms with E-state index < -0.39 is 6.03 Å². The van der Waals surface area contributed by atoms with E-state index in [0.717, 1.165) is 19.3 Å². The molecule has 0 aliphatic heterocycles. The average molecular weight is 368 g/mol. The molecule has 23 heavy (non-hydrogen) atoms. The van der Waals surface area contributed by atoms with Gasteiger partial charge in [0, 0.05) is 7.05 Å². The van der Waals surface area contributed by atoms with Gasteiger partial charge in [-0.2, -0.15) is 0 Å². The van der Waals surface area contributed by atoms with E-state index in [1.165, 1.54) is 16.9 Å². The normalized spacial score (nSPS) is 10.1. The second kappa shape index (κ2) is 8.70. The molecule has 0 fully saturated rings. The van der Waals surface area contributed by atoms with Gasteiger partial charge in [0.1, 0.15) is 0 Å². The molecular weight excluding hydrogens is 350 g/mol. The van der Waals surface area contributed by atoms with Crippen molar-refractivity contribution in [2.45, 2.75) is 19.3 Å². The number of hydrazine groups is 1. The maximum atomic E-state index is 11.8. The number of urea groups is 1. The Kier molecular flexibility index (Phi) is 6.63. The number of carbonyl (C=O) groups is 1. The van der Waals surface area contributed by atoms with Crippen molar-refractivity contribution >= 4 is 51.9 Å². The first-order valence-corrected chi connectivity index (χ1v) is 8.61. The lowest BCUT2D eigenvalue weighted by Gasteiger charge is -2.20. The van der Waals surface area contributed by atoms with E-state index in [0.29, 0.717) is 14.1 Å². The summed E-state index contributed by atoms with van der Waals surface area (Å²) in [5.41, 5.74) is 3.93. The highest BCUT2D eigenvalue weighted by Gasteiger charge is 2.10. The maximum absolute atomic E-state index is 11.8. The first-order valence-electron chi connectivity index (χ1n) is 6.98. The summed E-state index contributed by atoms with van der Waals surface area (Å²) in [7, 11) is 1.72. The van der Waals surface area contributed by atoms with E-state index in [9.17, 15) is 4.79 Å². The molecular formula is C14H17N5OS3. The molecule has 2 rings (SSSR count). The van der Waals surface area contributed by atoms with Crippen molar-refractivity contribution in [3.63, 3.8) is 0 Å². The van der Waals surface area contributed by atoms with Crippen molar-refractivity contribution in [3.8, 4) is 0 Å². The third-order valence-corrected chi connectivity index (χ3v) is 4.48. The molecule has 2 aromatic rings. The van der Waals surface area contributed by atoms with Gasteiger partial charge in [-0.1, -0.05) is 53.9 Å². The first-order chi connectivity index (χ1) is 11.0. The molecule has 0 unspecified atom stereocenters. The predicted octanol–water partition coefficient (Wildman–Crippen LogP) is 3.52. The number of benzene rings is 1. The van der Waals surface area contributed by atoms with Gasteiger partial charge in [0.2, 0.25) is 5.13 Å². The van der Waals surface area contributed by atoms with Crippen LogP contribution in [0, 0.1) is 3.95 Å². The summed E-state index contributed by atoms with van der Waals surface area (Å²) < 4.78 is 0.505. The Labute approximate surface area is 148 Å². The van der Waals surface area contributed by atoms with Gasteiger partial charge in [-0.25, -0.2) is 10.2 Å². The number of rotatable bonds is 5. The van der Waals surface area contributed by atoms with Crippen LogP contribution < -0.4 is 10.7 Å². The van der Waals surface area contributed by atoms with Crippen LogP contribution in [0.1, 0.15) is 18.4 Å². The van der Waals surface area contributed by atoms with E-state index in [1.54, 1.807) is 12.1 Å². The summed E-state index contributed by atoms with van der Waals surface area (Å²) in [5.74, 6) is 0. The number of nitrogens with one attached hydrogen (secondary N) is 3. The molecule has 0 saturated carbocycles. The third-order valence-electron chi connectivity index (χ3n) is 3.00. The smallest absolute Gasteiger partial charge is 0.281 e. The molecule has 122 valence electrons. The highest BCUT2D eigenvalue weighted by Crippen LogP contribution is 2.10. The van der Waals surface area contributed by atoms with Gasteiger partial charge in [-0.05, 0) is 37.0 Å². The maximum Gasteiger partial charge on any atom is 0.339 e. The van der Waals surface area contributed by atoms with Crippen LogP contribution in [0.4, 0.5) is 9.93 Å². The first kappa shape index (κ1) is 17.5. The molecule has 0 saturated heterocycles. The lowest BCUT2D eigenvalue weighted by molar-refractivity contribution is 0.236. The molecule has 0 aliphatic carbocycles. The Morgan fingerprint density at radius 1 is 1.39 bits per heavy atom. The standard InChI is InChI=1S/C14H17N5OS3/c1-19(18-12(20)15-13-16-17-14(22)23-13)11(21)9-5-8-10-6-3-2-4-7-10/h2-4,6-7H,5,8-9H2,1H3,(H,17,22)(H2,15,16,18,20). The molecule has 9 heteroatoms. The minimum atomic E-state index is -0.407. The predicted molar refractivity (Wildman–Crippen MR) is 99.2 cm³/mol. The Balaban J connectivity index is 1.71. The van der Waals surface area contributed by atoms with E-state index in [-0.39, 0.29) is 0 Å².